The standard InChI is InChI=1S/C8H15F3N2O/c1-2-6(12)7(14)13-5-3-4-8(9,10)11/h6H,2-5,12H2,1H3,(H,13,14)/t6-/m1/s1. The van der Waals surface area contributed by atoms with Crippen molar-refractivity contribution in [2.45, 2.75) is 38.4 Å². The van der Waals surface area contributed by atoms with Gasteiger partial charge in [-0.3, -0.25) is 4.79 Å². The molecule has 6 heteroatoms. The van der Waals surface area contributed by atoms with Crippen LogP contribution in [0.3, 0.4) is 0 Å². The first-order chi connectivity index (χ1) is 6.37. The van der Waals surface area contributed by atoms with E-state index < -0.39 is 24.5 Å². The molecule has 84 valence electrons. The van der Waals surface area contributed by atoms with Gasteiger partial charge < -0.3 is 11.1 Å². The quantitative estimate of drug-likeness (QED) is 0.672. The molecule has 0 spiro atoms. The summed E-state index contributed by atoms with van der Waals surface area (Å²) in [4.78, 5) is 11.0. The van der Waals surface area contributed by atoms with E-state index in [-0.39, 0.29) is 13.0 Å². The van der Waals surface area contributed by atoms with E-state index in [0.717, 1.165) is 0 Å². The van der Waals surface area contributed by atoms with Crippen LogP contribution in [-0.4, -0.2) is 24.7 Å². The Balaban J connectivity index is 3.51. The van der Waals surface area contributed by atoms with Crippen LogP contribution in [0.25, 0.3) is 0 Å². The smallest absolute Gasteiger partial charge is 0.355 e. The first-order valence-electron chi connectivity index (χ1n) is 4.47. The van der Waals surface area contributed by atoms with Gasteiger partial charge in [0.05, 0.1) is 6.04 Å². The lowest BCUT2D eigenvalue weighted by molar-refractivity contribution is -0.136. The van der Waals surface area contributed by atoms with Crippen molar-refractivity contribution in [2.75, 3.05) is 6.54 Å². The van der Waals surface area contributed by atoms with E-state index in [4.69, 9.17) is 5.73 Å². The fraction of sp³-hybridized carbons (Fsp3) is 0.875. The fourth-order valence-corrected chi connectivity index (χ4v) is 0.817. The van der Waals surface area contributed by atoms with E-state index in [1.54, 1.807) is 6.92 Å². The van der Waals surface area contributed by atoms with Crippen LogP contribution in [0.4, 0.5) is 13.2 Å². The maximum atomic E-state index is 11.7. The van der Waals surface area contributed by atoms with Crippen molar-refractivity contribution in [3.8, 4) is 0 Å². The first kappa shape index (κ1) is 13.2. The van der Waals surface area contributed by atoms with E-state index in [1.807, 2.05) is 0 Å². The second-order valence-corrected chi connectivity index (χ2v) is 3.02. The Morgan fingerprint density at radius 3 is 2.50 bits per heavy atom. The largest absolute Gasteiger partial charge is 0.389 e. The lowest BCUT2D eigenvalue weighted by Gasteiger charge is -2.10. The molecule has 0 unspecified atom stereocenters. The van der Waals surface area contributed by atoms with Crippen molar-refractivity contribution in [3.63, 3.8) is 0 Å². The predicted octanol–water partition coefficient (Wildman–Crippen LogP) is 1.18. The Hall–Kier alpha value is -0.780. The van der Waals surface area contributed by atoms with Crippen molar-refractivity contribution in [1.82, 2.24) is 5.32 Å². The SMILES string of the molecule is CC[C@@H](N)C(=O)NCCCC(F)(F)F. The van der Waals surface area contributed by atoms with Crippen LogP contribution in [0.2, 0.25) is 0 Å². The number of hydrogen-bond acceptors (Lipinski definition) is 2. The summed E-state index contributed by atoms with van der Waals surface area (Å²) in [5, 5.41) is 2.34. The van der Waals surface area contributed by atoms with Gasteiger partial charge >= 0.3 is 6.18 Å². The molecule has 0 radical (unpaired) electrons. The number of rotatable bonds is 5. The summed E-state index contributed by atoms with van der Waals surface area (Å²) in [6.07, 6.45) is -4.66. The number of carbonyl (C=O) groups is 1. The molecule has 0 saturated heterocycles. The van der Waals surface area contributed by atoms with Crippen LogP contribution in [0.1, 0.15) is 26.2 Å². The highest BCUT2D eigenvalue weighted by Crippen LogP contribution is 2.20. The summed E-state index contributed by atoms with van der Waals surface area (Å²) in [7, 11) is 0. The average Bonchev–Trinajstić information content (AvgIpc) is 2.09. The zero-order chi connectivity index (χ0) is 11.2. The van der Waals surface area contributed by atoms with E-state index >= 15 is 0 Å². The van der Waals surface area contributed by atoms with Crippen LogP contribution in [0.5, 0.6) is 0 Å². The van der Waals surface area contributed by atoms with Gasteiger partial charge in [0.2, 0.25) is 5.91 Å². The molecule has 3 nitrogen and oxygen atoms in total. The topological polar surface area (TPSA) is 55.1 Å². The Bertz CT molecular complexity index is 182. The summed E-state index contributed by atoms with van der Waals surface area (Å²) in [6.45, 7) is 1.76. The fourth-order valence-electron chi connectivity index (χ4n) is 0.817. The molecule has 14 heavy (non-hydrogen) atoms. The molecule has 0 aromatic rings. The van der Waals surface area contributed by atoms with Gasteiger partial charge in [0.1, 0.15) is 0 Å². The number of amides is 1. The third-order valence-corrected chi connectivity index (χ3v) is 1.71. The molecule has 3 N–H and O–H groups in total. The Labute approximate surface area is 80.8 Å². The van der Waals surface area contributed by atoms with Gasteiger partial charge in [0, 0.05) is 13.0 Å². The molecular formula is C8H15F3N2O. The summed E-state index contributed by atoms with van der Waals surface area (Å²) < 4.78 is 35.0. The maximum Gasteiger partial charge on any atom is 0.389 e. The number of nitrogens with two attached hydrogens (primary N) is 1. The van der Waals surface area contributed by atoms with Crippen LogP contribution < -0.4 is 11.1 Å². The molecule has 0 fully saturated rings. The number of nitrogens with one attached hydrogen (secondary N) is 1. The van der Waals surface area contributed by atoms with Gasteiger partial charge in [-0.15, -0.1) is 0 Å². The van der Waals surface area contributed by atoms with Gasteiger partial charge in [-0.2, -0.15) is 13.2 Å². The normalized spacial score (nSPS) is 13.8. The molecule has 0 aliphatic rings. The summed E-state index contributed by atoms with van der Waals surface area (Å²) in [5.74, 6) is -0.394. The van der Waals surface area contributed by atoms with Gasteiger partial charge in [0.25, 0.3) is 0 Å². The second-order valence-electron chi connectivity index (χ2n) is 3.02. The third-order valence-electron chi connectivity index (χ3n) is 1.71. The van der Waals surface area contributed by atoms with E-state index in [9.17, 15) is 18.0 Å². The van der Waals surface area contributed by atoms with Crippen LogP contribution in [-0.2, 0) is 4.79 Å². The van der Waals surface area contributed by atoms with Gasteiger partial charge in [-0.25, -0.2) is 0 Å². The monoisotopic (exact) mass is 212 g/mol. The van der Waals surface area contributed by atoms with Crippen LogP contribution in [0.15, 0.2) is 0 Å². The Morgan fingerprint density at radius 2 is 2.07 bits per heavy atom. The third kappa shape index (κ3) is 6.71. The minimum Gasteiger partial charge on any atom is -0.355 e. The Kier molecular flexibility index (Phi) is 5.52. The van der Waals surface area contributed by atoms with E-state index in [1.165, 1.54) is 0 Å². The highest BCUT2D eigenvalue weighted by molar-refractivity contribution is 5.81. The number of halogens is 3. The number of carbonyl (C=O) groups excluding carboxylic acids is 1. The van der Waals surface area contributed by atoms with Gasteiger partial charge in [-0.1, -0.05) is 6.92 Å². The van der Waals surface area contributed by atoms with Crippen LogP contribution >= 0.6 is 0 Å². The Morgan fingerprint density at radius 1 is 1.50 bits per heavy atom. The molecule has 0 aromatic carbocycles. The molecule has 0 saturated carbocycles. The number of hydrogen-bond donors (Lipinski definition) is 2. The molecule has 0 heterocycles. The lowest BCUT2D eigenvalue weighted by Crippen LogP contribution is -2.40. The minimum absolute atomic E-state index is 0.0199. The molecule has 1 atom stereocenters. The molecule has 0 aromatic heterocycles. The zero-order valence-electron chi connectivity index (χ0n) is 8.03. The van der Waals surface area contributed by atoms with Crippen molar-refractivity contribution in [3.05, 3.63) is 0 Å². The van der Waals surface area contributed by atoms with Crippen molar-refractivity contribution >= 4 is 5.91 Å². The molecule has 0 aliphatic carbocycles. The first-order valence-corrected chi connectivity index (χ1v) is 4.47. The molecular weight excluding hydrogens is 197 g/mol. The van der Waals surface area contributed by atoms with Crippen LogP contribution in [0, 0.1) is 0 Å². The zero-order valence-corrected chi connectivity index (χ0v) is 8.03. The molecule has 0 rings (SSSR count). The highest BCUT2D eigenvalue weighted by Gasteiger charge is 2.26. The van der Waals surface area contributed by atoms with Crippen molar-refractivity contribution in [2.24, 2.45) is 5.73 Å². The second kappa shape index (κ2) is 5.85. The summed E-state index contributed by atoms with van der Waals surface area (Å²) >= 11 is 0. The molecule has 0 aliphatic heterocycles. The van der Waals surface area contributed by atoms with Gasteiger partial charge in [0.15, 0.2) is 0 Å². The molecule has 0 bridgehead atoms. The van der Waals surface area contributed by atoms with E-state index in [0.29, 0.717) is 6.42 Å². The van der Waals surface area contributed by atoms with E-state index in [2.05, 4.69) is 5.32 Å². The highest BCUT2D eigenvalue weighted by atomic mass is 19.4. The maximum absolute atomic E-state index is 11.7. The predicted molar refractivity (Wildman–Crippen MR) is 46.6 cm³/mol. The molecule has 1 amide bonds. The lowest BCUT2D eigenvalue weighted by atomic mass is 10.2. The minimum atomic E-state index is -4.16. The van der Waals surface area contributed by atoms with Crippen molar-refractivity contribution in [1.29, 1.82) is 0 Å². The summed E-state index contributed by atoms with van der Waals surface area (Å²) in [5.41, 5.74) is 5.35. The summed E-state index contributed by atoms with van der Waals surface area (Å²) in [6, 6.07) is -0.624. The van der Waals surface area contributed by atoms with Gasteiger partial charge in [-0.05, 0) is 12.8 Å². The van der Waals surface area contributed by atoms with Crippen molar-refractivity contribution < 1.29 is 18.0 Å². The average molecular weight is 212 g/mol. The number of alkyl halides is 3.